The van der Waals surface area contributed by atoms with Crippen LogP contribution in [0.2, 0.25) is 0 Å². The lowest BCUT2D eigenvalue weighted by Gasteiger charge is -2.34. The first kappa shape index (κ1) is 30.9. The molecule has 0 bridgehead atoms. The zero-order valence-corrected chi connectivity index (χ0v) is 24.5. The second kappa shape index (κ2) is 13.6. The number of fused-ring (bicyclic) bond motifs is 1. The number of anilines is 1. The molecule has 1 aliphatic rings. The average Bonchev–Trinajstić information content (AvgIpc) is 3.24. The standard InChI is InChI=1S/C27H42N4O7S/c1-17-15-31(18(2)16-32)27(33)23-13-22(30-39(34,35)26-20(4)29-38-21(26)5)10-11-24(23)37-19(3)9-7-8-12-36-25(17)14-28-6/h10-11,13,17-19,25,28,30,32H,7-9,12,14-16H2,1-6H3/t17-,18-,19-,25-/m0/s1. The van der Waals surface area contributed by atoms with Crippen LogP contribution in [0.5, 0.6) is 5.75 Å². The van der Waals surface area contributed by atoms with Crippen molar-refractivity contribution in [1.29, 1.82) is 0 Å². The van der Waals surface area contributed by atoms with Crippen LogP contribution in [-0.4, -0.2) is 81.1 Å². The summed E-state index contributed by atoms with van der Waals surface area (Å²) in [6.45, 7) is 10.1. The fourth-order valence-electron chi connectivity index (χ4n) is 4.74. The number of rotatable bonds is 7. The van der Waals surface area contributed by atoms with Crippen LogP contribution in [0.1, 0.15) is 61.8 Å². The largest absolute Gasteiger partial charge is 0.490 e. The first-order chi connectivity index (χ1) is 18.5. The van der Waals surface area contributed by atoms with Gasteiger partial charge in [-0.1, -0.05) is 12.1 Å². The van der Waals surface area contributed by atoms with Crippen molar-refractivity contribution in [2.75, 3.05) is 38.1 Å². The lowest BCUT2D eigenvalue weighted by Crippen LogP contribution is -2.47. The molecule has 3 N–H and O–H groups in total. The van der Waals surface area contributed by atoms with E-state index >= 15 is 0 Å². The van der Waals surface area contributed by atoms with Gasteiger partial charge in [0.2, 0.25) is 0 Å². The Kier molecular flexibility index (Phi) is 10.8. The predicted octanol–water partition coefficient (Wildman–Crippen LogP) is 3.11. The molecule has 0 fully saturated rings. The average molecular weight is 567 g/mol. The summed E-state index contributed by atoms with van der Waals surface area (Å²) in [6.07, 6.45) is 2.24. The molecule has 218 valence electrons. The summed E-state index contributed by atoms with van der Waals surface area (Å²) in [5, 5.41) is 16.9. The van der Waals surface area contributed by atoms with E-state index in [1.54, 1.807) is 30.9 Å². The van der Waals surface area contributed by atoms with Crippen LogP contribution in [0.15, 0.2) is 27.6 Å². The summed E-state index contributed by atoms with van der Waals surface area (Å²) in [5.41, 5.74) is 0.638. The Morgan fingerprint density at radius 1 is 1.23 bits per heavy atom. The van der Waals surface area contributed by atoms with Gasteiger partial charge in [0.25, 0.3) is 15.9 Å². The molecule has 0 saturated carbocycles. The second-order valence-corrected chi connectivity index (χ2v) is 11.9. The van der Waals surface area contributed by atoms with E-state index in [2.05, 4.69) is 15.2 Å². The van der Waals surface area contributed by atoms with Gasteiger partial charge in [-0.3, -0.25) is 9.52 Å². The Balaban J connectivity index is 2.04. The molecule has 2 aromatic rings. The molecular formula is C27H42N4O7S. The quantitative estimate of drug-likeness (QED) is 0.461. The van der Waals surface area contributed by atoms with Crippen LogP contribution in [0.3, 0.4) is 0 Å². The van der Waals surface area contributed by atoms with Crippen LogP contribution < -0.4 is 14.8 Å². The van der Waals surface area contributed by atoms with Crippen LogP contribution in [0, 0.1) is 19.8 Å². The van der Waals surface area contributed by atoms with Gasteiger partial charge in [0.05, 0.1) is 30.4 Å². The van der Waals surface area contributed by atoms with Gasteiger partial charge in [-0.05, 0) is 72.2 Å². The van der Waals surface area contributed by atoms with Gasteiger partial charge in [-0.25, -0.2) is 8.42 Å². The summed E-state index contributed by atoms with van der Waals surface area (Å²) in [4.78, 5) is 15.6. The van der Waals surface area contributed by atoms with Crippen LogP contribution >= 0.6 is 0 Å². The van der Waals surface area contributed by atoms with Gasteiger partial charge < -0.3 is 29.3 Å². The first-order valence-electron chi connectivity index (χ1n) is 13.4. The highest BCUT2D eigenvalue weighted by Gasteiger charge is 2.30. The number of hydrogen-bond acceptors (Lipinski definition) is 9. The Hall–Kier alpha value is -2.67. The highest BCUT2D eigenvalue weighted by atomic mass is 32.2. The lowest BCUT2D eigenvalue weighted by atomic mass is 10.0. The highest BCUT2D eigenvalue weighted by Crippen LogP contribution is 2.30. The third-order valence-electron chi connectivity index (χ3n) is 6.95. The summed E-state index contributed by atoms with van der Waals surface area (Å²) in [7, 11) is -2.17. The Morgan fingerprint density at radius 3 is 2.62 bits per heavy atom. The van der Waals surface area contributed by atoms with Crippen molar-refractivity contribution in [2.45, 2.75) is 77.0 Å². The Bertz CT molecular complexity index is 1200. The van der Waals surface area contributed by atoms with Crippen molar-refractivity contribution in [3.05, 3.63) is 35.2 Å². The molecule has 0 aliphatic carbocycles. The molecular weight excluding hydrogens is 524 g/mol. The maximum absolute atomic E-state index is 14.1. The number of nitrogens with zero attached hydrogens (tertiary/aromatic N) is 2. The van der Waals surface area contributed by atoms with E-state index in [-0.39, 0.29) is 58.2 Å². The zero-order chi connectivity index (χ0) is 28.7. The normalized spacial score (nSPS) is 22.5. The topological polar surface area (TPSA) is 143 Å². The number of aromatic nitrogens is 1. The van der Waals surface area contributed by atoms with E-state index < -0.39 is 16.1 Å². The number of likely N-dealkylation sites (N-methyl/N-ethyl adjacent to an activating group) is 1. The van der Waals surface area contributed by atoms with Crippen LogP contribution in [-0.2, 0) is 14.8 Å². The van der Waals surface area contributed by atoms with Crippen molar-refractivity contribution in [3.63, 3.8) is 0 Å². The molecule has 0 spiro atoms. The van der Waals surface area contributed by atoms with Gasteiger partial charge >= 0.3 is 0 Å². The predicted molar refractivity (Wildman–Crippen MR) is 148 cm³/mol. The van der Waals surface area contributed by atoms with E-state index in [0.29, 0.717) is 25.4 Å². The monoisotopic (exact) mass is 566 g/mol. The van der Waals surface area contributed by atoms with Gasteiger partial charge in [0, 0.05) is 31.3 Å². The van der Waals surface area contributed by atoms with E-state index in [1.165, 1.54) is 13.0 Å². The van der Waals surface area contributed by atoms with E-state index in [1.807, 2.05) is 20.9 Å². The number of carbonyl (C=O) groups excluding carboxylic acids is 1. The van der Waals surface area contributed by atoms with Crippen LogP contribution in [0.25, 0.3) is 0 Å². The van der Waals surface area contributed by atoms with E-state index in [9.17, 15) is 18.3 Å². The minimum Gasteiger partial charge on any atom is -0.490 e. The maximum Gasteiger partial charge on any atom is 0.267 e. The van der Waals surface area contributed by atoms with Gasteiger partial charge in [0.15, 0.2) is 10.7 Å². The van der Waals surface area contributed by atoms with Crippen LogP contribution in [0.4, 0.5) is 5.69 Å². The number of aliphatic hydroxyl groups is 1. The molecule has 11 nitrogen and oxygen atoms in total. The van der Waals surface area contributed by atoms with Crippen molar-refractivity contribution in [3.8, 4) is 5.75 Å². The smallest absolute Gasteiger partial charge is 0.267 e. The van der Waals surface area contributed by atoms with E-state index in [0.717, 1.165) is 19.3 Å². The molecule has 12 heteroatoms. The minimum absolute atomic E-state index is 0.0390. The number of sulfonamides is 1. The third kappa shape index (κ3) is 7.71. The minimum atomic E-state index is -4.03. The first-order valence-corrected chi connectivity index (χ1v) is 14.9. The molecule has 2 heterocycles. The van der Waals surface area contributed by atoms with Gasteiger partial charge in [-0.15, -0.1) is 0 Å². The number of hydrogen-bond donors (Lipinski definition) is 3. The fraction of sp³-hybridized carbons (Fsp3) is 0.630. The lowest BCUT2D eigenvalue weighted by molar-refractivity contribution is -0.000450. The van der Waals surface area contributed by atoms with Gasteiger partial charge in [0.1, 0.15) is 11.4 Å². The molecule has 0 saturated heterocycles. The summed E-state index contributed by atoms with van der Waals surface area (Å²) >= 11 is 0. The second-order valence-electron chi connectivity index (χ2n) is 10.3. The van der Waals surface area contributed by atoms with Crippen molar-refractivity contribution >= 4 is 21.6 Å². The molecule has 1 aromatic heterocycles. The molecule has 0 radical (unpaired) electrons. The zero-order valence-electron chi connectivity index (χ0n) is 23.7. The molecule has 1 aromatic carbocycles. The molecule has 1 amide bonds. The number of amides is 1. The number of aryl methyl sites for hydroxylation is 2. The molecule has 4 atom stereocenters. The van der Waals surface area contributed by atoms with Crippen molar-refractivity contribution < 1.29 is 32.3 Å². The number of nitrogens with one attached hydrogen (secondary N) is 2. The molecule has 0 unspecified atom stereocenters. The Labute approximate surface area is 231 Å². The number of benzene rings is 1. The molecule has 3 rings (SSSR count). The number of aliphatic hydroxyl groups excluding tert-OH is 1. The SMILES string of the molecule is CNC[C@@H]1OCCCC[C@H](C)Oc2ccc(NS(=O)(=O)c3c(C)noc3C)cc2C(=O)N([C@@H](C)CO)C[C@@H]1C. The molecule has 1 aliphatic heterocycles. The van der Waals surface area contributed by atoms with Crippen molar-refractivity contribution in [1.82, 2.24) is 15.4 Å². The number of ether oxygens (including phenoxy) is 2. The maximum atomic E-state index is 14.1. The summed E-state index contributed by atoms with van der Waals surface area (Å²) in [6, 6.07) is 4.17. The fourth-order valence-corrected chi connectivity index (χ4v) is 6.12. The van der Waals surface area contributed by atoms with Crippen molar-refractivity contribution in [2.24, 2.45) is 5.92 Å². The van der Waals surface area contributed by atoms with Gasteiger partial charge in [-0.2, -0.15) is 0 Å². The molecule has 39 heavy (non-hydrogen) atoms. The number of carbonyl (C=O) groups is 1. The highest BCUT2D eigenvalue weighted by molar-refractivity contribution is 7.92. The Morgan fingerprint density at radius 2 is 1.97 bits per heavy atom. The summed E-state index contributed by atoms with van der Waals surface area (Å²) in [5.74, 6) is 0.115. The summed E-state index contributed by atoms with van der Waals surface area (Å²) < 4.78 is 46.3. The van der Waals surface area contributed by atoms with E-state index in [4.69, 9.17) is 14.0 Å². The third-order valence-corrected chi connectivity index (χ3v) is 8.57.